The van der Waals surface area contributed by atoms with Crippen LogP contribution in [0.5, 0.6) is 0 Å². The first-order chi connectivity index (χ1) is 11.3. The molecule has 1 aliphatic rings. The molecule has 2 heterocycles. The molecule has 1 unspecified atom stereocenters. The Labute approximate surface area is 137 Å². The summed E-state index contributed by atoms with van der Waals surface area (Å²) in [6, 6.07) is 11.8. The smallest absolute Gasteiger partial charge is 0.253 e. The van der Waals surface area contributed by atoms with Gasteiger partial charge in [-0.1, -0.05) is 0 Å². The van der Waals surface area contributed by atoms with Gasteiger partial charge in [0, 0.05) is 43.3 Å². The van der Waals surface area contributed by atoms with Gasteiger partial charge in [-0.15, -0.1) is 0 Å². The number of piperidine rings is 1. The number of hydrogen-bond donors (Lipinski definition) is 0. The molecule has 1 aromatic heterocycles. The Kier molecular flexibility index (Phi) is 5.13. The molecule has 2 aromatic rings. The molecule has 1 amide bonds. The summed E-state index contributed by atoms with van der Waals surface area (Å²) in [6.07, 6.45) is 6.21. The third kappa shape index (κ3) is 3.82. The van der Waals surface area contributed by atoms with E-state index in [1.54, 1.807) is 0 Å². The fourth-order valence-electron chi connectivity index (χ4n) is 3.14. The van der Waals surface area contributed by atoms with Crippen LogP contribution in [0.15, 0.2) is 48.8 Å². The highest BCUT2D eigenvalue weighted by molar-refractivity contribution is 5.94. The minimum Gasteiger partial charge on any atom is -0.381 e. The molecule has 4 nitrogen and oxygen atoms in total. The van der Waals surface area contributed by atoms with Crippen LogP contribution in [-0.4, -0.2) is 41.7 Å². The average molecular weight is 312 g/mol. The number of carbonyl (C=O) groups is 1. The van der Waals surface area contributed by atoms with Crippen molar-refractivity contribution in [1.29, 1.82) is 0 Å². The van der Waals surface area contributed by atoms with Crippen molar-refractivity contribution in [2.45, 2.75) is 19.8 Å². The number of carbonyl (C=O) groups excluding carboxylic acids is 1. The van der Waals surface area contributed by atoms with Gasteiger partial charge in [0.15, 0.2) is 0 Å². The molecule has 0 radical (unpaired) electrons. The molecule has 1 saturated heterocycles. The molecule has 4 heteroatoms. The van der Waals surface area contributed by atoms with Crippen LogP contribution in [0.3, 0.4) is 0 Å². The molecule has 0 N–H and O–H groups in total. The number of amides is 1. The maximum Gasteiger partial charge on any atom is 0.253 e. The lowest BCUT2D eigenvalue weighted by Crippen LogP contribution is -2.41. The predicted octanol–water partition coefficient (Wildman–Crippen LogP) is 3.37. The second kappa shape index (κ2) is 7.47. The highest BCUT2D eigenvalue weighted by Gasteiger charge is 2.24. The minimum atomic E-state index is 0.130. The quantitative estimate of drug-likeness (QED) is 0.848. The molecular formula is C19H24N2O2. The Balaban J connectivity index is 1.65. The van der Waals surface area contributed by atoms with E-state index in [9.17, 15) is 4.79 Å². The summed E-state index contributed by atoms with van der Waals surface area (Å²) in [4.78, 5) is 14.7. The van der Waals surface area contributed by atoms with E-state index in [2.05, 4.69) is 0 Å². The molecular weight excluding hydrogens is 288 g/mol. The van der Waals surface area contributed by atoms with Crippen molar-refractivity contribution in [3.8, 4) is 5.69 Å². The van der Waals surface area contributed by atoms with Gasteiger partial charge in [0.1, 0.15) is 0 Å². The van der Waals surface area contributed by atoms with Gasteiger partial charge in [0.25, 0.3) is 5.91 Å². The van der Waals surface area contributed by atoms with Crippen molar-refractivity contribution in [2.24, 2.45) is 5.92 Å². The first-order valence-corrected chi connectivity index (χ1v) is 8.38. The Morgan fingerprint density at radius 1 is 1.22 bits per heavy atom. The monoisotopic (exact) mass is 312 g/mol. The normalized spacial score (nSPS) is 18.1. The van der Waals surface area contributed by atoms with Crippen LogP contribution < -0.4 is 0 Å². The number of nitrogens with zero attached hydrogens (tertiary/aromatic N) is 2. The Hall–Kier alpha value is -2.07. The van der Waals surface area contributed by atoms with Gasteiger partial charge in [0.05, 0.1) is 6.61 Å². The van der Waals surface area contributed by atoms with Crippen LogP contribution in [-0.2, 0) is 4.74 Å². The lowest BCUT2D eigenvalue weighted by Gasteiger charge is -2.32. The third-order valence-corrected chi connectivity index (χ3v) is 4.38. The molecule has 1 aliphatic heterocycles. The SMILES string of the molecule is CCOCC1CCCN(C(=O)c2ccc(-n3cccc3)cc2)C1. The summed E-state index contributed by atoms with van der Waals surface area (Å²) in [7, 11) is 0. The fourth-order valence-corrected chi connectivity index (χ4v) is 3.14. The number of aromatic nitrogens is 1. The van der Waals surface area contributed by atoms with Crippen molar-refractivity contribution < 1.29 is 9.53 Å². The van der Waals surface area contributed by atoms with Crippen molar-refractivity contribution >= 4 is 5.91 Å². The van der Waals surface area contributed by atoms with Crippen molar-refractivity contribution in [2.75, 3.05) is 26.3 Å². The average Bonchev–Trinajstić information content (AvgIpc) is 3.14. The van der Waals surface area contributed by atoms with Gasteiger partial charge in [-0.3, -0.25) is 4.79 Å². The fraction of sp³-hybridized carbons (Fsp3) is 0.421. The van der Waals surface area contributed by atoms with E-state index in [0.29, 0.717) is 5.92 Å². The largest absolute Gasteiger partial charge is 0.381 e. The highest BCUT2D eigenvalue weighted by atomic mass is 16.5. The molecule has 1 atom stereocenters. The van der Waals surface area contributed by atoms with Crippen LogP contribution in [0.1, 0.15) is 30.1 Å². The number of rotatable bonds is 5. The van der Waals surface area contributed by atoms with Crippen molar-refractivity contribution in [3.05, 3.63) is 54.4 Å². The van der Waals surface area contributed by atoms with E-state index in [0.717, 1.165) is 50.4 Å². The molecule has 3 rings (SSSR count). The number of hydrogen-bond acceptors (Lipinski definition) is 2. The topological polar surface area (TPSA) is 34.5 Å². The number of benzene rings is 1. The maximum atomic E-state index is 12.7. The van der Waals surface area contributed by atoms with E-state index >= 15 is 0 Å². The summed E-state index contributed by atoms with van der Waals surface area (Å²) in [6.45, 7) is 5.16. The molecule has 1 fully saturated rings. The summed E-state index contributed by atoms with van der Waals surface area (Å²) >= 11 is 0. The van der Waals surface area contributed by atoms with E-state index in [-0.39, 0.29) is 5.91 Å². The van der Waals surface area contributed by atoms with Crippen molar-refractivity contribution in [3.63, 3.8) is 0 Å². The third-order valence-electron chi connectivity index (χ3n) is 4.38. The van der Waals surface area contributed by atoms with Crippen molar-refractivity contribution in [1.82, 2.24) is 9.47 Å². The van der Waals surface area contributed by atoms with Crippen LogP contribution in [0, 0.1) is 5.92 Å². The molecule has 23 heavy (non-hydrogen) atoms. The lowest BCUT2D eigenvalue weighted by molar-refractivity contribution is 0.0501. The molecule has 0 bridgehead atoms. The molecule has 122 valence electrons. The Morgan fingerprint density at radius 3 is 2.65 bits per heavy atom. The van der Waals surface area contributed by atoms with Crippen LogP contribution in [0.4, 0.5) is 0 Å². The summed E-state index contributed by atoms with van der Waals surface area (Å²) in [5.41, 5.74) is 1.83. The predicted molar refractivity (Wildman–Crippen MR) is 90.9 cm³/mol. The standard InChI is InChI=1S/C19H24N2O2/c1-2-23-15-16-6-5-13-21(14-16)19(22)17-7-9-18(10-8-17)20-11-3-4-12-20/h3-4,7-12,16H,2,5-6,13-15H2,1H3. The summed E-state index contributed by atoms with van der Waals surface area (Å²) < 4.78 is 7.56. The van der Waals surface area contributed by atoms with Gasteiger partial charge >= 0.3 is 0 Å². The Morgan fingerprint density at radius 2 is 1.96 bits per heavy atom. The lowest BCUT2D eigenvalue weighted by atomic mass is 9.98. The second-order valence-electron chi connectivity index (χ2n) is 6.06. The number of likely N-dealkylation sites (tertiary alicyclic amines) is 1. The second-order valence-corrected chi connectivity index (χ2v) is 6.06. The zero-order valence-corrected chi connectivity index (χ0v) is 13.6. The molecule has 0 spiro atoms. The van der Waals surface area contributed by atoms with Crippen LogP contribution in [0.2, 0.25) is 0 Å². The Bertz CT molecular complexity index is 619. The van der Waals surface area contributed by atoms with Gasteiger partial charge in [-0.25, -0.2) is 0 Å². The zero-order chi connectivity index (χ0) is 16.1. The zero-order valence-electron chi connectivity index (χ0n) is 13.6. The number of ether oxygens (including phenoxy) is 1. The van der Waals surface area contributed by atoms with E-state index in [1.807, 2.05) is 65.2 Å². The molecule has 1 aromatic carbocycles. The van der Waals surface area contributed by atoms with E-state index < -0.39 is 0 Å². The van der Waals surface area contributed by atoms with E-state index in [1.165, 1.54) is 0 Å². The van der Waals surface area contributed by atoms with Gasteiger partial charge < -0.3 is 14.2 Å². The first-order valence-electron chi connectivity index (χ1n) is 8.38. The van der Waals surface area contributed by atoms with Gasteiger partial charge in [-0.05, 0) is 62.1 Å². The summed E-state index contributed by atoms with van der Waals surface area (Å²) in [5.74, 6) is 0.594. The maximum absolute atomic E-state index is 12.7. The molecule has 0 saturated carbocycles. The van der Waals surface area contributed by atoms with Crippen LogP contribution in [0.25, 0.3) is 5.69 Å². The van der Waals surface area contributed by atoms with Gasteiger partial charge in [0.2, 0.25) is 0 Å². The minimum absolute atomic E-state index is 0.130. The van der Waals surface area contributed by atoms with Gasteiger partial charge in [-0.2, -0.15) is 0 Å². The first kappa shape index (κ1) is 15.8. The molecule has 0 aliphatic carbocycles. The highest BCUT2D eigenvalue weighted by Crippen LogP contribution is 2.20. The van der Waals surface area contributed by atoms with Crippen LogP contribution >= 0.6 is 0 Å². The summed E-state index contributed by atoms with van der Waals surface area (Å²) in [5, 5.41) is 0. The van der Waals surface area contributed by atoms with E-state index in [4.69, 9.17) is 4.74 Å².